The van der Waals surface area contributed by atoms with Crippen molar-refractivity contribution < 1.29 is 19.2 Å². The van der Waals surface area contributed by atoms with E-state index in [1.807, 2.05) is 52.0 Å². The van der Waals surface area contributed by atoms with Gasteiger partial charge in [0.15, 0.2) is 0 Å². The van der Waals surface area contributed by atoms with Gasteiger partial charge < -0.3 is 9.31 Å². The van der Waals surface area contributed by atoms with Crippen LogP contribution in [-0.4, -0.2) is 28.2 Å². The molecule has 0 atom stereocenters. The summed E-state index contributed by atoms with van der Waals surface area (Å²) >= 11 is 0. The summed E-state index contributed by atoms with van der Waals surface area (Å²) in [5.74, 6) is 0. The topological polar surface area (TPSA) is 105 Å². The Labute approximate surface area is 175 Å². The highest BCUT2D eigenvalue weighted by Crippen LogP contribution is 2.36. The largest absolute Gasteiger partial charge is 0.494 e. The van der Waals surface area contributed by atoms with Crippen LogP contribution in [0.15, 0.2) is 36.4 Å². The minimum Gasteiger partial charge on any atom is -0.399 e. The zero-order valence-corrected chi connectivity index (χ0v) is 17.5. The van der Waals surface area contributed by atoms with E-state index < -0.39 is 28.2 Å². The van der Waals surface area contributed by atoms with Crippen LogP contribution in [0.3, 0.4) is 0 Å². The number of aryl methyl sites for hydroxylation is 1. The molecule has 0 aliphatic carbocycles. The molecule has 0 spiro atoms. The Morgan fingerprint density at radius 1 is 0.867 bits per heavy atom. The van der Waals surface area contributed by atoms with Crippen LogP contribution in [0.5, 0.6) is 0 Å². The molecule has 0 radical (unpaired) electrons. The van der Waals surface area contributed by atoms with Crippen LogP contribution in [0.4, 0.5) is 11.4 Å². The first kappa shape index (κ1) is 21.7. The van der Waals surface area contributed by atoms with E-state index >= 15 is 0 Å². The molecule has 0 unspecified atom stereocenters. The third-order valence-electron chi connectivity index (χ3n) is 5.58. The molecule has 2 aromatic rings. The number of hydrogen-bond donors (Lipinski definition) is 0. The zero-order chi connectivity index (χ0) is 22.3. The molecule has 3 rings (SSSR count). The molecule has 0 bridgehead atoms. The number of nitrogens with zero attached hydrogens (tertiary/aromatic N) is 2. The van der Waals surface area contributed by atoms with E-state index in [1.54, 1.807) is 13.0 Å². The van der Waals surface area contributed by atoms with E-state index in [9.17, 15) is 20.2 Å². The highest BCUT2D eigenvalue weighted by Gasteiger charge is 2.51. The zero-order valence-electron chi connectivity index (χ0n) is 17.5. The molecular weight excluding hydrogens is 387 g/mol. The van der Waals surface area contributed by atoms with E-state index in [0.29, 0.717) is 5.56 Å². The summed E-state index contributed by atoms with van der Waals surface area (Å²) in [6, 6.07) is 9.97. The summed E-state index contributed by atoms with van der Waals surface area (Å²) in [7, 11) is -0.493. The Balaban J connectivity index is 1.88. The molecule has 8 nitrogen and oxygen atoms in total. The molecule has 0 N–H and O–H groups in total. The standard InChI is InChI=1S/C21H23BN2O6/c1-14-12-18(23(25)26)17(19(13-14)24(27)28)11-8-15-6-9-16(10-7-15)22-29-20(2,3)21(4,5)30-22/h6-13H,1-5H3/b11-8+. The van der Waals surface area contributed by atoms with Gasteiger partial charge in [-0.25, -0.2) is 0 Å². The van der Waals surface area contributed by atoms with Crippen molar-refractivity contribution in [3.05, 3.63) is 73.3 Å². The van der Waals surface area contributed by atoms with Crippen molar-refractivity contribution in [2.24, 2.45) is 0 Å². The smallest absolute Gasteiger partial charge is 0.399 e. The highest BCUT2D eigenvalue weighted by molar-refractivity contribution is 6.62. The Morgan fingerprint density at radius 2 is 1.33 bits per heavy atom. The van der Waals surface area contributed by atoms with Crippen LogP contribution in [0.1, 0.15) is 44.4 Å². The molecular formula is C21H23BN2O6. The van der Waals surface area contributed by atoms with Crippen LogP contribution >= 0.6 is 0 Å². The summed E-state index contributed by atoms with van der Waals surface area (Å²) in [5.41, 5.74) is 0.512. The van der Waals surface area contributed by atoms with Gasteiger partial charge >= 0.3 is 7.12 Å². The molecule has 0 amide bonds. The van der Waals surface area contributed by atoms with Crippen molar-refractivity contribution in [3.63, 3.8) is 0 Å². The highest BCUT2D eigenvalue weighted by atomic mass is 16.7. The van der Waals surface area contributed by atoms with E-state index in [2.05, 4.69) is 0 Å². The van der Waals surface area contributed by atoms with Crippen molar-refractivity contribution in [1.29, 1.82) is 0 Å². The number of benzene rings is 2. The molecule has 1 fully saturated rings. The molecule has 2 aromatic carbocycles. The van der Waals surface area contributed by atoms with Crippen molar-refractivity contribution >= 4 is 36.1 Å². The Hall–Kier alpha value is -3.04. The summed E-state index contributed by atoms with van der Waals surface area (Å²) in [6.07, 6.45) is 3.01. The molecule has 156 valence electrons. The summed E-state index contributed by atoms with van der Waals surface area (Å²) in [5, 5.41) is 22.8. The van der Waals surface area contributed by atoms with E-state index in [4.69, 9.17) is 9.31 Å². The molecule has 1 aliphatic rings. The van der Waals surface area contributed by atoms with Gasteiger partial charge in [-0.05, 0) is 57.3 Å². The average molecular weight is 410 g/mol. The monoisotopic (exact) mass is 410 g/mol. The van der Waals surface area contributed by atoms with Gasteiger partial charge in [0.25, 0.3) is 11.4 Å². The molecule has 0 saturated carbocycles. The second-order valence-electron chi connectivity index (χ2n) is 8.32. The SMILES string of the molecule is Cc1cc([N+](=O)[O-])c(/C=C/c2ccc(B3OC(C)(C)C(C)(C)O3)cc2)c([N+](=O)[O-])c1. The van der Waals surface area contributed by atoms with Gasteiger partial charge in [-0.15, -0.1) is 0 Å². The second-order valence-corrected chi connectivity index (χ2v) is 8.32. The van der Waals surface area contributed by atoms with Crippen molar-refractivity contribution in [2.75, 3.05) is 0 Å². The second kappa shape index (κ2) is 7.66. The van der Waals surface area contributed by atoms with Gasteiger partial charge in [-0.3, -0.25) is 20.2 Å². The van der Waals surface area contributed by atoms with Crippen molar-refractivity contribution in [2.45, 2.75) is 45.8 Å². The van der Waals surface area contributed by atoms with E-state index in [1.165, 1.54) is 18.2 Å². The van der Waals surface area contributed by atoms with Gasteiger partial charge in [-0.2, -0.15) is 0 Å². The van der Waals surface area contributed by atoms with Crippen LogP contribution in [0.2, 0.25) is 0 Å². The fourth-order valence-electron chi connectivity index (χ4n) is 3.16. The molecule has 1 aliphatic heterocycles. The van der Waals surface area contributed by atoms with Gasteiger partial charge in [-0.1, -0.05) is 30.3 Å². The molecule has 1 heterocycles. The maximum Gasteiger partial charge on any atom is 0.494 e. The first-order chi connectivity index (χ1) is 13.9. The lowest BCUT2D eigenvalue weighted by atomic mass is 9.79. The third-order valence-corrected chi connectivity index (χ3v) is 5.58. The van der Waals surface area contributed by atoms with Gasteiger partial charge in [0.2, 0.25) is 0 Å². The lowest BCUT2D eigenvalue weighted by Crippen LogP contribution is -2.41. The molecule has 1 saturated heterocycles. The van der Waals surface area contributed by atoms with Gasteiger partial charge in [0.1, 0.15) is 5.56 Å². The fourth-order valence-corrected chi connectivity index (χ4v) is 3.16. The Kier molecular flexibility index (Phi) is 5.53. The first-order valence-corrected chi connectivity index (χ1v) is 9.48. The van der Waals surface area contributed by atoms with Gasteiger partial charge in [0.05, 0.1) is 21.0 Å². The third kappa shape index (κ3) is 4.12. The predicted molar refractivity (Wildman–Crippen MR) is 116 cm³/mol. The van der Waals surface area contributed by atoms with Crippen molar-refractivity contribution in [1.82, 2.24) is 0 Å². The van der Waals surface area contributed by atoms with Crippen molar-refractivity contribution in [3.8, 4) is 0 Å². The predicted octanol–water partition coefficient (Wildman–Crippen LogP) is 4.28. The Morgan fingerprint density at radius 3 is 1.77 bits per heavy atom. The summed E-state index contributed by atoms with van der Waals surface area (Å²) in [6.45, 7) is 9.50. The van der Waals surface area contributed by atoms with Crippen LogP contribution in [0.25, 0.3) is 12.2 Å². The maximum absolute atomic E-state index is 11.4. The molecule has 9 heteroatoms. The maximum atomic E-state index is 11.4. The number of hydrogen-bond acceptors (Lipinski definition) is 6. The number of rotatable bonds is 5. The number of nitro groups is 2. The van der Waals surface area contributed by atoms with E-state index in [-0.39, 0.29) is 16.9 Å². The molecule has 0 aromatic heterocycles. The number of nitro benzene ring substituents is 2. The average Bonchev–Trinajstić information content (AvgIpc) is 2.87. The summed E-state index contributed by atoms with van der Waals surface area (Å²) < 4.78 is 12.0. The minimum atomic E-state index is -0.610. The quantitative estimate of drug-likeness (QED) is 0.315. The van der Waals surface area contributed by atoms with E-state index in [0.717, 1.165) is 11.0 Å². The Bertz CT molecular complexity index is 979. The lowest BCUT2D eigenvalue weighted by molar-refractivity contribution is -0.394. The van der Waals surface area contributed by atoms with Crippen LogP contribution < -0.4 is 5.46 Å². The fraction of sp³-hybridized carbons (Fsp3) is 0.333. The first-order valence-electron chi connectivity index (χ1n) is 9.48. The van der Waals surface area contributed by atoms with Crippen LogP contribution in [0, 0.1) is 27.2 Å². The van der Waals surface area contributed by atoms with Crippen LogP contribution in [-0.2, 0) is 9.31 Å². The normalized spacial score (nSPS) is 17.4. The minimum absolute atomic E-state index is 0.0364. The molecule has 30 heavy (non-hydrogen) atoms. The summed E-state index contributed by atoms with van der Waals surface area (Å²) in [4.78, 5) is 21.5. The van der Waals surface area contributed by atoms with Gasteiger partial charge in [0, 0.05) is 12.1 Å². The lowest BCUT2D eigenvalue weighted by Gasteiger charge is -2.32.